The maximum Gasteiger partial charge on any atom is 0.313 e. The molecule has 2 unspecified atom stereocenters. The van der Waals surface area contributed by atoms with Crippen molar-refractivity contribution in [2.45, 2.75) is 25.8 Å². The number of aromatic nitrogens is 1. The Labute approximate surface area is 172 Å². The Morgan fingerprint density at radius 2 is 2.00 bits per heavy atom. The molecular weight excluding hydrogens is 399 g/mol. The van der Waals surface area contributed by atoms with Crippen LogP contribution in [-0.4, -0.2) is 34.2 Å². The highest BCUT2D eigenvalue weighted by molar-refractivity contribution is 6.39. The summed E-state index contributed by atoms with van der Waals surface area (Å²) < 4.78 is 13.5. The second-order valence-corrected chi connectivity index (χ2v) is 7.52. The molecule has 7 nitrogen and oxygen atoms in total. The van der Waals surface area contributed by atoms with Crippen molar-refractivity contribution in [1.82, 2.24) is 9.88 Å². The number of pyridine rings is 1. The zero-order chi connectivity index (χ0) is 21.1. The van der Waals surface area contributed by atoms with Crippen molar-refractivity contribution in [1.29, 1.82) is 0 Å². The average Bonchev–Trinajstić information content (AvgIpc) is 2.69. The van der Waals surface area contributed by atoms with Gasteiger partial charge in [0.15, 0.2) is 0 Å². The van der Waals surface area contributed by atoms with E-state index in [0.717, 1.165) is 6.42 Å². The van der Waals surface area contributed by atoms with Crippen molar-refractivity contribution < 1.29 is 18.8 Å². The van der Waals surface area contributed by atoms with Gasteiger partial charge in [0, 0.05) is 12.7 Å². The number of nitrogens with two attached hydrogens (primary N) is 1. The Morgan fingerprint density at radius 1 is 1.24 bits per heavy atom. The molecule has 2 aromatic rings. The first-order valence-corrected chi connectivity index (χ1v) is 9.45. The number of benzene rings is 1. The number of primary amides is 1. The number of hydrogen-bond acceptors (Lipinski definition) is 4. The molecule has 152 valence electrons. The van der Waals surface area contributed by atoms with E-state index in [-0.39, 0.29) is 22.2 Å². The van der Waals surface area contributed by atoms with Gasteiger partial charge in [-0.25, -0.2) is 4.39 Å². The van der Waals surface area contributed by atoms with E-state index in [1.807, 2.05) is 6.92 Å². The minimum absolute atomic E-state index is 0.0349. The maximum absolute atomic E-state index is 13.5. The van der Waals surface area contributed by atoms with E-state index in [4.69, 9.17) is 17.3 Å². The lowest BCUT2D eigenvalue weighted by atomic mass is 9.89. The van der Waals surface area contributed by atoms with Crippen molar-refractivity contribution in [3.05, 3.63) is 58.6 Å². The van der Waals surface area contributed by atoms with Gasteiger partial charge in [-0.15, -0.1) is 0 Å². The van der Waals surface area contributed by atoms with E-state index < -0.39 is 29.6 Å². The Hall–Kier alpha value is -3.00. The van der Waals surface area contributed by atoms with Crippen LogP contribution in [0.5, 0.6) is 0 Å². The molecule has 0 spiro atoms. The summed E-state index contributed by atoms with van der Waals surface area (Å²) in [4.78, 5) is 42.0. The molecule has 0 saturated carbocycles. The molecule has 0 bridgehead atoms. The lowest BCUT2D eigenvalue weighted by Crippen LogP contribution is -2.46. The molecule has 1 aliphatic heterocycles. The number of nitrogens with one attached hydrogen (secondary N) is 1. The van der Waals surface area contributed by atoms with Gasteiger partial charge in [-0.2, -0.15) is 0 Å². The van der Waals surface area contributed by atoms with Crippen molar-refractivity contribution >= 4 is 35.0 Å². The molecule has 0 aliphatic carbocycles. The Balaban J connectivity index is 1.81. The number of nitrogens with zero attached hydrogens (tertiary/aromatic N) is 2. The van der Waals surface area contributed by atoms with Crippen LogP contribution in [-0.2, 0) is 9.59 Å². The quantitative estimate of drug-likeness (QED) is 0.747. The first-order chi connectivity index (χ1) is 13.8. The third-order valence-corrected chi connectivity index (χ3v) is 5.17. The van der Waals surface area contributed by atoms with E-state index in [0.29, 0.717) is 18.5 Å². The Morgan fingerprint density at radius 3 is 2.69 bits per heavy atom. The van der Waals surface area contributed by atoms with Crippen LogP contribution in [0.1, 0.15) is 41.7 Å². The number of carbonyl (C=O) groups excluding carboxylic acids is 3. The smallest absolute Gasteiger partial charge is 0.313 e. The van der Waals surface area contributed by atoms with E-state index in [1.54, 1.807) is 6.07 Å². The third kappa shape index (κ3) is 4.71. The summed E-state index contributed by atoms with van der Waals surface area (Å²) in [6.45, 7) is 2.37. The number of amides is 3. The minimum atomic E-state index is -0.860. The highest BCUT2D eigenvalue weighted by Gasteiger charge is 2.34. The second kappa shape index (κ2) is 8.57. The average molecular weight is 419 g/mol. The highest BCUT2D eigenvalue weighted by Crippen LogP contribution is 2.35. The topological polar surface area (TPSA) is 105 Å². The normalized spacial score (nSPS) is 18.9. The summed E-state index contributed by atoms with van der Waals surface area (Å²) in [6.07, 6.45) is 4.06. The highest BCUT2D eigenvalue weighted by atomic mass is 35.5. The Kier molecular flexibility index (Phi) is 6.12. The summed E-state index contributed by atoms with van der Waals surface area (Å²) in [5, 5.41) is 2.42. The molecule has 3 rings (SSSR count). The third-order valence-electron chi connectivity index (χ3n) is 4.88. The second-order valence-electron chi connectivity index (χ2n) is 7.11. The number of piperidine rings is 1. The van der Waals surface area contributed by atoms with Gasteiger partial charge in [-0.1, -0.05) is 24.6 Å². The predicted octanol–water partition coefficient (Wildman–Crippen LogP) is 2.91. The van der Waals surface area contributed by atoms with Crippen LogP contribution in [0, 0.1) is 11.7 Å². The molecule has 29 heavy (non-hydrogen) atoms. The minimum Gasteiger partial charge on any atom is -0.366 e. The molecule has 3 N–H and O–H groups in total. The predicted molar refractivity (Wildman–Crippen MR) is 106 cm³/mol. The van der Waals surface area contributed by atoms with Gasteiger partial charge >= 0.3 is 11.8 Å². The van der Waals surface area contributed by atoms with Gasteiger partial charge in [0.2, 0.25) is 5.91 Å². The van der Waals surface area contributed by atoms with Crippen molar-refractivity contribution in [3.63, 3.8) is 0 Å². The number of hydrogen-bond donors (Lipinski definition) is 2. The number of rotatable bonds is 3. The van der Waals surface area contributed by atoms with Gasteiger partial charge < -0.3 is 16.0 Å². The van der Waals surface area contributed by atoms with Gasteiger partial charge in [-0.05, 0) is 42.5 Å². The van der Waals surface area contributed by atoms with Gasteiger partial charge in [0.25, 0.3) is 0 Å². The van der Waals surface area contributed by atoms with Crippen molar-refractivity contribution in [2.75, 3.05) is 11.9 Å². The van der Waals surface area contributed by atoms with Crippen LogP contribution < -0.4 is 11.1 Å². The molecule has 9 heteroatoms. The number of likely N-dealkylation sites (tertiary alicyclic amines) is 1. The van der Waals surface area contributed by atoms with Crippen LogP contribution in [0.4, 0.5) is 10.1 Å². The van der Waals surface area contributed by atoms with Crippen LogP contribution in [0.15, 0.2) is 36.7 Å². The Bertz CT molecular complexity index is 968. The van der Waals surface area contributed by atoms with Crippen molar-refractivity contribution in [2.24, 2.45) is 11.7 Å². The number of anilines is 1. The van der Waals surface area contributed by atoms with Gasteiger partial charge in [0.1, 0.15) is 5.82 Å². The monoisotopic (exact) mass is 418 g/mol. The number of halogens is 2. The number of carbonyl (C=O) groups is 3. The van der Waals surface area contributed by atoms with E-state index in [9.17, 15) is 18.8 Å². The van der Waals surface area contributed by atoms with E-state index in [2.05, 4.69) is 10.3 Å². The van der Waals surface area contributed by atoms with Crippen LogP contribution in [0.3, 0.4) is 0 Å². The molecule has 2 atom stereocenters. The molecule has 1 aromatic heterocycles. The zero-order valence-corrected chi connectivity index (χ0v) is 16.4. The summed E-state index contributed by atoms with van der Waals surface area (Å²) >= 11 is 5.90. The fourth-order valence-corrected chi connectivity index (χ4v) is 3.59. The molecule has 2 heterocycles. The first kappa shape index (κ1) is 20.7. The summed E-state index contributed by atoms with van der Waals surface area (Å²) in [5.41, 5.74) is 6.17. The fraction of sp³-hybridized carbons (Fsp3) is 0.300. The SMILES string of the molecule is CC1CCC(c2ccc(F)c(Cl)c2)N(C(=O)C(=O)Nc2cncc(C(N)=O)c2)C1. The zero-order valence-electron chi connectivity index (χ0n) is 15.7. The first-order valence-electron chi connectivity index (χ1n) is 9.08. The van der Waals surface area contributed by atoms with Crippen molar-refractivity contribution in [3.8, 4) is 0 Å². The lowest BCUT2D eigenvalue weighted by Gasteiger charge is -2.38. The van der Waals surface area contributed by atoms with E-state index >= 15 is 0 Å². The molecular formula is C20H20ClFN4O3. The van der Waals surface area contributed by atoms with Crippen LogP contribution in [0.2, 0.25) is 5.02 Å². The molecule has 1 aromatic carbocycles. The molecule has 3 amide bonds. The van der Waals surface area contributed by atoms with Crippen LogP contribution in [0.25, 0.3) is 0 Å². The van der Waals surface area contributed by atoms with Gasteiger partial charge in [-0.3, -0.25) is 19.4 Å². The maximum atomic E-state index is 13.5. The van der Waals surface area contributed by atoms with Gasteiger partial charge in [0.05, 0.1) is 28.5 Å². The summed E-state index contributed by atoms with van der Waals surface area (Å²) in [6, 6.07) is 5.25. The largest absolute Gasteiger partial charge is 0.366 e. The fourth-order valence-electron chi connectivity index (χ4n) is 3.40. The molecule has 0 radical (unpaired) electrons. The molecule has 1 saturated heterocycles. The molecule has 1 fully saturated rings. The lowest BCUT2D eigenvalue weighted by molar-refractivity contribution is -0.146. The standard InChI is InChI=1S/C20H20ClFN4O3/c1-11-2-5-17(12-3-4-16(22)15(21)7-12)26(10-11)20(29)19(28)25-14-6-13(18(23)27)8-24-9-14/h3-4,6-9,11,17H,2,5,10H2,1H3,(H2,23,27)(H,25,28). The molecule has 1 aliphatic rings. The summed E-state index contributed by atoms with van der Waals surface area (Å²) in [5.74, 6) is -2.62. The van der Waals surface area contributed by atoms with E-state index in [1.165, 1.54) is 35.5 Å². The van der Waals surface area contributed by atoms with Crippen LogP contribution >= 0.6 is 11.6 Å². The summed E-state index contributed by atoms with van der Waals surface area (Å²) in [7, 11) is 0.